The number of rotatable bonds is 6. The lowest BCUT2D eigenvalue weighted by molar-refractivity contribution is 0.178. The predicted octanol–water partition coefficient (Wildman–Crippen LogP) is 2.65. The first-order valence-electron chi connectivity index (χ1n) is 9.40. The third kappa shape index (κ3) is 3.93. The van der Waals surface area contributed by atoms with E-state index in [0.29, 0.717) is 24.4 Å². The maximum absolute atomic E-state index is 12.2. The molecule has 7 heteroatoms. The van der Waals surface area contributed by atoms with Crippen LogP contribution in [0.4, 0.5) is 5.82 Å². The first-order chi connectivity index (χ1) is 12.7. The number of methoxy groups -OCH3 is 1. The van der Waals surface area contributed by atoms with Crippen LogP contribution in [0.2, 0.25) is 0 Å². The number of hydrogen-bond donors (Lipinski definition) is 1. The van der Waals surface area contributed by atoms with Gasteiger partial charge in [-0.2, -0.15) is 5.10 Å². The van der Waals surface area contributed by atoms with Crippen LogP contribution >= 0.6 is 0 Å². The molecule has 0 aliphatic heterocycles. The van der Waals surface area contributed by atoms with E-state index in [1.54, 1.807) is 24.1 Å². The first kappa shape index (κ1) is 17.1. The van der Waals surface area contributed by atoms with E-state index in [-0.39, 0.29) is 11.6 Å². The average molecular weight is 355 g/mol. The summed E-state index contributed by atoms with van der Waals surface area (Å²) in [5, 5.41) is 8.14. The van der Waals surface area contributed by atoms with Crippen molar-refractivity contribution >= 4 is 5.82 Å². The lowest BCUT2D eigenvalue weighted by atomic mass is 9.91. The van der Waals surface area contributed by atoms with Crippen molar-refractivity contribution < 1.29 is 4.74 Å². The standard InChI is InChI=1S/C19H25N5O2/c1-26-12-18-20-11-10-17(22-18)21-14-4-6-15(7-5-14)24-19(25)9-8-16(23-24)13-2-3-13/h8-11,13-15H,2-7,12H2,1H3,(H,20,21,22). The van der Waals surface area contributed by atoms with E-state index in [2.05, 4.69) is 20.4 Å². The molecule has 0 unspecified atom stereocenters. The van der Waals surface area contributed by atoms with Crippen LogP contribution in [0.15, 0.2) is 29.2 Å². The molecular weight excluding hydrogens is 330 g/mol. The van der Waals surface area contributed by atoms with Crippen molar-refractivity contribution in [2.45, 2.75) is 63.1 Å². The van der Waals surface area contributed by atoms with Crippen LogP contribution in [0.5, 0.6) is 0 Å². The summed E-state index contributed by atoms with van der Waals surface area (Å²) >= 11 is 0. The van der Waals surface area contributed by atoms with Gasteiger partial charge in [-0.1, -0.05) is 0 Å². The first-order valence-corrected chi connectivity index (χ1v) is 9.40. The zero-order valence-electron chi connectivity index (χ0n) is 15.1. The molecule has 2 aromatic heterocycles. The Kier molecular flexibility index (Phi) is 4.97. The van der Waals surface area contributed by atoms with Gasteiger partial charge in [-0.3, -0.25) is 4.79 Å². The Balaban J connectivity index is 1.38. The van der Waals surface area contributed by atoms with E-state index in [0.717, 1.165) is 37.2 Å². The van der Waals surface area contributed by atoms with E-state index >= 15 is 0 Å². The van der Waals surface area contributed by atoms with Gasteiger partial charge in [0, 0.05) is 31.3 Å². The maximum Gasteiger partial charge on any atom is 0.267 e. The molecule has 0 spiro atoms. The summed E-state index contributed by atoms with van der Waals surface area (Å²) < 4.78 is 6.81. The molecule has 4 rings (SSSR count). The summed E-state index contributed by atoms with van der Waals surface area (Å²) in [5.74, 6) is 2.08. The molecule has 138 valence electrons. The molecule has 2 aromatic rings. The summed E-state index contributed by atoms with van der Waals surface area (Å²) in [4.78, 5) is 20.9. The van der Waals surface area contributed by atoms with E-state index in [4.69, 9.17) is 4.74 Å². The van der Waals surface area contributed by atoms with Crippen molar-refractivity contribution in [1.29, 1.82) is 0 Å². The Morgan fingerprint density at radius 1 is 1.15 bits per heavy atom. The number of ether oxygens (including phenoxy) is 1. The van der Waals surface area contributed by atoms with Crippen LogP contribution in [0, 0.1) is 0 Å². The minimum atomic E-state index is 0.0193. The molecule has 2 saturated carbocycles. The topological polar surface area (TPSA) is 81.9 Å². The van der Waals surface area contributed by atoms with Crippen molar-refractivity contribution in [3.05, 3.63) is 46.3 Å². The van der Waals surface area contributed by atoms with Gasteiger partial charge in [0.15, 0.2) is 5.82 Å². The van der Waals surface area contributed by atoms with Crippen molar-refractivity contribution in [2.75, 3.05) is 12.4 Å². The lowest BCUT2D eigenvalue weighted by Gasteiger charge is -2.30. The fraction of sp³-hybridized carbons (Fsp3) is 0.579. The second-order valence-corrected chi connectivity index (χ2v) is 7.26. The fourth-order valence-electron chi connectivity index (χ4n) is 3.65. The van der Waals surface area contributed by atoms with E-state index in [1.165, 1.54) is 12.8 Å². The molecular formula is C19H25N5O2. The number of nitrogens with zero attached hydrogens (tertiary/aromatic N) is 4. The van der Waals surface area contributed by atoms with Crippen LogP contribution < -0.4 is 10.9 Å². The molecule has 0 bridgehead atoms. The van der Waals surface area contributed by atoms with Crippen LogP contribution in [0.25, 0.3) is 0 Å². The van der Waals surface area contributed by atoms with Crippen LogP contribution in [0.3, 0.4) is 0 Å². The molecule has 2 aliphatic carbocycles. The van der Waals surface area contributed by atoms with Crippen LogP contribution in [-0.4, -0.2) is 32.9 Å². The van der Waals surface area contributed by atoms with Crippen molar-refractivity contribution in [1.82, 2.24) is 19.7 Å². The zero-order chi connectivity index (χ0) is 17.9. The van der Waals surface area contributed by atoms with Gasteiger partial charge in [0.25, 0.3) is 5.56 Å². The van der Waals surface area contributed by atoms with Gasteiger partial charge < -0.3 is 10.1 Å². The van der Waals surface area contributed by atoms with Gasteiger partial charge in [-0.05, 0) is 50.7 Å². The minimum absolute atomic E-state index is 0.0193. The van der Waals surface area contributed by atoms with Gasteiger partial charge in [-0.15, -0.1) is 0 Å². The van der Waals surface area contributed by atoms with Gasteiger partial charge in [0.1, 0.15) is 12.4 Å². The highest BCUT2D eigenvalue weighted by Crippen LogP contribution is 2.38. The molecule has 0 radical (unpaired) electrons. The molecule has 26 heavy (non-hydrogen) atoms. The minimum Gasteiger partial charge on any atom is -0.377 e. The predicted molar refractivity (Wildman–Crippen MR) is 98.1 cm³/mol. The highest BCUT2D eigenvalue weighted by atomic mass is 16.5. The summed E-state index contributed by atoms with van der Waals surface area (Å²) in [6.45, 7) is 0.411. The number of hydrogen-bond acceptors (Lipinski definition) is 6. The van der Waals surface area contributed by atoms with Crippen LogP contribution in [-0.2, 0) is 11.3 Å². The molecule has 0 amide bonds. The van der Waals surface area contributed by atoms with E-state index < -0.39 is 0 Å². The Morgan fingerprint density at radius 2 is 1.96 bits per heavy atom. The molecule has 0 saturated heterocycles. The number of nitrogens with one attached hydrogen (secondary N) is 1. The Bertz CT molecular complexity index is 810. The smallest absolute Gasteiger partial charge is 0.267 e. The van der Waals surface area contributed by atoms with Crippen molar-refractivity contribution in [3.63, 3.8) is 0 Å². The molecule has 2 fully saturated rings. The fourth-order valence-corrected chi connectivity index (χ4v) is 3.65. The largest absolute Gasteiger partial charge is 0.377 e. The highest BCUT2D eigenvalue weighted by Gasteiger charge is 2.28. The van der Waals surface area contributed by atoms with Crippen LogP contribution in [0.1, 0.15) is 62.0 Å². The van der Waals surface area contributed by atoms with Crippen molar-refractivity contribution in [3.8, 4) is 0 Å². The quantitative estimate of drug-likeness (QED) is 0.858. The highest BCUT2D eigenvalue weighted by molar-refractivity contribution is 5.34. The van der Waals surface area contributed by atoms with Crippen molar-refractivity contribution in [2.24, 2.45) is 0 Å². The summed E-state index contributed by atoms with van der Waals surface area (Å²) in [5.41, 5.74) is 1.10. The Labute approximate surface area is 152 Å². The Morgan fingerprint density at radius 3 is 2.69 bits per heavy atom. The molecule has 1 N–H and O–H groups in total. The van der Waals surface area contributed by atoms with E-state index in [1.807, 2.05) is 12.1 Å². The number of aromatic nitrogens is 4. The van der Waals surface area contributed by atoms with Gasteiger partial charge in [0.2, 0.25) is 0 Å². The Hall–Kier alpha value is -2.28. The summed E-state index contributed by atoms with van der Waals surface area (Å²) in [6.07, 6.45) is 8.05. The maximum atomic E-state index is 12.2. The van der Waals surface area contributed by atoms with Gasteiger partial charge in [-0.25, -0.2) is 14.6 Å². The molecule has 2 aliphatic rings. The lowest BCUT2D eigenvalue weighted by Crippen LogP contribution is -2.33. The second kappa shape index (κ2) is 7.53. The monoisotopic (exact) mass is 355 g/mol. The molecule has 0 atom stereocenters. The zero-order valence-corrected chi connectivity index (χ0v) is 15.1. The van der Waals surface area contributed by atoms with Gasteiger partial charge >= 0.3 is 0 Å². The molecule has 2 heterocycles. The summed E-state index contributed by atoms with van der Waals surface area (Å²) in [7, 11) is 1.64. The SMILES string of the molecule is COCc1nccc(NC2CCC(n3nc(C4CC4)ccc3=O)CC2)n1. The molecule has 7 nitrogen and oxygen atoms in total. The average Bonchev–Trinajstić information content (AvgIpc) is 3.49. The third-order valence-corrected chi connectivity index (χ3v) is 5.21. The van der Waals surface area contributed by atoms with E-state index in [9.17, 15) is 4.79 Å². The van der Waals surface area contributed by atoms with Gasteiger partial charge in [0.05, 0.1) is 11.7 Å². The normalized spacial score (nSPS) is 23.0. The summed E-state index contributed by atoms with van der Waals surface area (Å²) in [6, 6.07) is 6.03. The number of anilines is 1. The molecule has 0 aromatic carbocycles. The second-order valence-electron chi connectivity index (χ2n) is 7.26. The third-order valence-electron chi connectivity index (χ3n) is 5.21.